The molecule has 2 aromatic carbocycles. The predicted octanol–water partition coefficient (Wildman–Crippen LogP) is 3.51. The summed E-state index contributed by atoms with van der Waals surface area (Å²) in [7, 11) is 0.198. The van der Waals surface area contributed by atoms with Crippen LogP contribution in [0.15, 0.2) is 52.9 Å². The van der Waals surface area contributed by atoms with Gasteiger partial charge in [0, 0.05) is 18.1 Å². The van der Waals surface area contributed by atoms with E-state index in [1.807, 2.05) is 69.3 Å². The summed E-state index contributed by atoms with van der Waals surface area (Å²) in [6, 6.07) is 15.5. The number of tetrazole rings is 1. The Kier molecular flexibility index (Phi) is 5.86. The lowest BCUT2D eigenvalue weighted by Gasteiger charge is -2.27. The molecule has 1 unspecified atom stereocenters. The summed E-state index contributed by atoms with van der Waals surface area (Å²) in [5.41, 5.74) is 2.59. The van der Waals surface area contributed by atoms with E-state index in [9.17, 15) is 4.21 Å². The molecule has 0 amide bonds. The molecule has 162 valence electrons. The van der Waals surface area contributed by atoms with E-state index in [1.54, 1.807) is 11.8 Å². The molecule has 9 heteroatoms. The number of benzene rings is 2. The highest BCUT2D eigenvalue weighted by molar-refractivity contribution is 7.85. The van der Waals surface area contributed by atoms with Gasteiger partial charge in [-0.25, -0.2) is 8.89 Å². The lowest BCUT2D eigenvalue weighted by molar-refractivity contribution is 0.189. The van der Waals surface area contributed by atoms with Crippen LogP contribution in [0.3, 0.4) is 0 Å². The van der Waals surface area contributed by atoms with E-state index in [4.69, 9.17) is 9.47 Å². The summed E-state index contributed by atoms with van der Waals surface area (Å²) in [6.07, 6.45) is -0.0508. The van der Waals surface area contributed by atoms with E-state index in [0.717, 1.165) is 11.1 Å². The van der Waals surface area contributed by atoms with Gasteiger partial charge in [0.1, 0.15) is 22.5 Å². The van der Waals surface area contributed by atoms with Crippen LogP contribution in [0, 0.1) is 0 Å². The van der Waals surface area contributed by atoms with Gasteiger partial charge in [0.2, 0.25) is 0 Å². The molecule has 0 bridgehead atoms. The van der Waals surface area contributed by atoms with Gasteiger partial charge >= 0.3 is 0 Å². The van der Waals surface area contributed by atoms with Crippen molar-refractivity contribution in [1.29, 1.82) is 0 Å². The van der Waals surface area contributed by atoms with Crippen molar-refractivity contribution in [2.75, 3.05) is 7.11 Å². The highest BCUT2D eigenvalue weighted by Gasteiger charge is 2.32. The number of nitrogens with zero attached hydrogens (tertiary/aromatic N) is 5. The van der Waals surface area contributed by atoms with E-state index < -0.39 is 21.8 Å². The Hall–Kier alpha value is -3.07. The molecule has 1 aliphatic rings. The highest BCUT2D eigenvalue weighted by atomic mass is 32.2. The summed E-state index contributed by atoms with van der Waals surface area (Å²) >= 11 is 0. The van der Waals surface area contributed by atoms with E-state index in [2.05, 4.69) is 19.9 Å². The predicted molar refractivity (Wildman–Crippen MR) is 119 cm³/mol. The Morgan fingerprint density at radius 1 is 1.23 bits per heavy atom. The Bertz CT molecular complexity index is 1120. The largest absolute Gasteiger partial charge is 0.497 e. The van der Waals surface area contributed by atoms with Crippen molar-refractivity contribution in [3.05, 3.63) is 65.5 Å². The fraction of sp³-hybridized carbons (Fsp3) is 0.364. The second kappa shape index (κ2) is 8.58. The summed E-state index contributed by atoms with van der Waals surface area (Å²) in [4.78, 5) is 0. The molecule has 1 aliphatic heterocycles. The average molecular weight is 440 g/mol. The molecule has 31 heavy (non-hydrogen) atoms. The molecular weight excluding hydrogens is 414 g/mol. The summed E-state index contributed by atoms with van der Waals surface area (Å²) in [5.74, 6) is 1.86. The van der Waals surface area contributed by atoms with Gasteiger partial charge < -0.3 is 9.47 Å². The molecule has 0 N–H and O–H groups in total. The van der Waals surface area contributed by atoms with Crippen molar-refractivity contribution in [1.82, 2.24) is 20.2 Å². The second-order valence-electron chi connectivity index (χ2n) is 8.25. The van der Waals surface area contributed by atoms with Crippen LogP contribution < -0.4 is 9.47 Å². The molecule has 3 aromatic rings. The summed E-state index contributed by atoms with van der Waals surface area (Å²) in [6.45, 7) is 6.23. The number of methoxy groups -OCH3 is 1. The zero-order valence-corrected chi connectivity index (χ0v) is 18.8. The van der Waals surface area contributed by atoms with Gasteiger partial charge in [-0.15, -0.1) is 5.10 Å². The first kappa shape index (κ1) is 21.2. The maximum Gasteiger partial charge on any atom is 0.192 e. The zero-order chi connectivity index (χ0) is 22.0. The van der Waals surface area contributed by atoms with Gasteiger partial charge in [0.05, 0.1) is 24.1 Å². The van der Waals surface area contributed by atoms with E-state index >= 15 is 0 Å². The minimum absolute atomic E-state index is 0.413. The molecule has 2 heterocycles. The molecule has 0 spiro atoms. The van der Waals surface area contributed by atoms with Crippen LogP contribution in [-0.4, -0.2) is 42.0 Å². The quantitative estimate of drug-likeness (QED) is 0.604. The van der Waals surface area contributed by atoms with E-state index in [0.29, 0.717) is 36.0 Å². The SMILES string of the molecule is COc1ccc2c(c1)O[C@@H](c1nnnn1Cc1ccccc1)C/C2=N\S(=O)C(C)(C)C. The molecule has 8 nitrogen and oxygen atoms in total. The van der Waals surface area contributed by atoms with Crippen molar-refractivity contribution in [2.24, 2.45) is 4.40 Å². The second-order valence-corrected chi connectivity index (χ2v) is 10.2. The Morgan fingerprint density at radius 3 is 2.71 bits per heavy atom. The van der Waals surface area contributed by atoms with Gasteiger partial charge in [0.25, 0.3) is 0 Å². The van der Waals surface area contributed by atoms with Crippen LogP contribution >= 0.6 is 0 Å². The first-order valence-corrected chi connectivity index (χ1v) is 11.1. The average Bonchev–Trinajstić information content (AvgIpc) is 3.21. The fourth-order valence-corrected chi connectivity index (χ4v) is 3.87. The van der Waals surface area contributed by atoms with Gasteiger partial charge in [0.15, 0.2) is 11.9 Å². The lowest BCUT2D eigenvalue weighted by atomic mass is 9.99. The van der Waals surface area contributed by atoms with Crippen LogP contribution in [-0.2, 0) is 17.5 Å². The lowest BCUT2D eigenvalue weighted by Crippen LogP contribution is -2.27. The van der Waals surface area contributed by atoms with E-state index in [1.165, 1.54) is 0 Å². The van der Waals surface area contributed by atoms with Crippen LogP contribution in [0.25, 0.3) is 0 Å². The monoisotopic (exact) mass is 439 g/mol. The fourth-order valence-electron chi connectivity index (χ4n) is 3.22. The molecule has 1 aromatic heterocycles. The smallest absolute Gasteiger partial charge is 0.192 e. The van der Waals surface area contributed by atoms with Crippen molar-refractivity contribution in [2.45, 2.75) is 44.6 Å². The molecule has 0 radical (unpaired) electrons. The molecule has 0 fully saturated rings. The third-order valence-electron chi connectivity index (χ3n) is 4.89. The third kappa shape index (κ3) is 4.66. The van der Waals surface area contributed by atoms with Crippen LogP contribution in [0.2, 0.25) is 0 Å². The maximum atomic E-state index is 12.8. The molecule has 0 saturated carbocycles. The van der Waals surface area contributed by atoms with Gasteiger partial charge in [-0.3, -0.25) is 0 Å². The van der Waals surface area contributed by atoms with Crippen molar-refractivity contribution in [3.63, 3.8) is 0 Å². The van der Waals surface area contributed by atoms with Crippen molar-refractivity contribution in [3.8, 4) is 11.5 Å². The van der Waals surface area contributed by atoms with Gasteiger partial charge in [-0.1, -0.05) is 30.3 Å². The Labute approximate surface area is 183 Å². The molecule has 0 aliphatic carbocycles. The number of rotatable bonds is 5. The molecule has 0 saturated heterocycles. The summed E-state index contributed by atoms with van der Waals surface area (Å²) in [5, 5.41) is 12.2. The normalized spacial score (nSPS) is 18.3. The van der Waals surface area contributed by atoms with Gasteiger partial charge in [-0.2, -0.15) is 4.40 Å². The minimum atomic E-state index is -1.41. The highest BCUT2D eigenvalue weighted by Crippen LogP contribution is 2.37. The molecular formula is C22H25N5O3S. The number of ether oxygens (including phenoxy) is 2. The maximum absolute atomic E-state index is 12.8. The topological polar surface area (TPSA) is 91.5 Å². The Balaban J connectivity index is 1.71. The number of aromatic nitrogens is 4. The molecule has 2 atom stereocenters. The molecule has 4 rings (SSSR count). The van der Waals surface area contributed by atoms with Gasteiger partial charge in [-0.05, 0) is 48.9 Å². The minimum Gasteiger partial charge on any atom is -0.497 e. The summed E-state index contributed by atoms with van der Waals surface area (Å²) < 4.78 is 30.2. The van der Waals surface area contributed by atoms with Crippen LogP contribution in [0.4, 0.5) is 0 Å². The third-order valence-corrected chi connectivity index (χ3v) is 6.32. The zero-order valence-electron chi connectivity index (χ0n) is 18.0. The standard InChI is InChI=1S/C22H25N5O3S/c1-22(2,3)31(28)24-18-13-20(30-19-12-16(29-4)10-11-17(18)19)21-23-25-26-27(21)14-15-8-6-5-7-9-15/h5-12,20H,13-14H2,1-4H3/b24-18+/t20-,31?/m1/s1. The Morgan fingerprint density at radius 2 is 2.00 bits per heavy atom. The number of hydrogen-bond acceptors (Lipinski definition) is 6. The first-order chi connectivity index (χ1) is 14.8. The number of fused-ring (bicyclic) bond motifs is 1. The van der Waals surface area contributed by atoms with Crippen molar-refractivity contribution >= 4 is 16.7 Å². The van der Waals surface area contributed by atoms with Crippen LogP contribution in [0.5, 0.6) is 11.5 Å². The first-order valence-electron chi connectivity index (χ1n) is 10.00. The van der Waals surface area contributed by atoms with Crippen LogP contribution in [0.1, 0.15) is 50.2 Å². The van der Waals surface area contributed by atoms with E-state index in [-0.39, 0.29) is 0 Å². The van der Waals surface area contributed by atoms with Crippen molar-refractivity contribution < 1.29 is 13.7 Å². The number of hydrogen-bond donors (Lipinski definition) is 0.